The van der Waals surface area contributed by atoms with Crippen LogP contribution >= 0.6 is 0 Å². The maximum absolute atomic E-state index is 11.7. The SMILES string of the molecule is COC(=O)/C=C1\C[C@H](c2cccc([N+](=O)[O-])c2)c2c(oc3ccccc23)O1. The summed E-state index contributed by atoms with van der Waals surface area (Å²) in [7, 11) is 1.28. The predicted octanol–water partition coefficient (Wildman–Crippen LogP) is 4.31. The molecule has 0 amide bonds. The minimum absolute atomic E-state index is 0.00633. The quantitative estimate of drug-likeness (QED) is 0.297. The molecular weight excluding hydrogens is 350 g/mol. The van der Waals surface area contributed by atoms with Crippen molar-refractivity contribution in [1.82, 2.24) is 0 Å². The first-order chi connectivity index (χ1) is 13.1. The van der Waals surface area contributed by atoms with Crippen LogP contribution in [0.4, 0.5) is 5.69 Å². The standard InChI is InChI=1S/C20H15NO6/c1-25-18(22)11-14-10-16(12-5-4-6-13(9-12)21(23)24)19-15-7-2-3-8-17(15)27-20(19)26-14/h2-9,11,16H,10H2,1H3/b14-11+/t16-/m1/s1. The van der Waals surface area contributed by atoms with Gasteiger partial charge in [0.25, 0.3) is 11.6 Å². The van der Waals surface area contributed by atoms with Gasteiger partial charge in [0, 0.05) is 29.9 Å². The molecule has 0 fully saturated rings. The van der Waals surface area contributed by atoms with Gasteiger partial charge < -0.3 is 13.9 Å². The van der Waals surface area contributed by atoms with Gasteiger partial charge in [-0.05, 0) is 11.6 Å². The number of carbonyl (C=O) groups is 1. The van der Waals surface area contributed by atoms with Gasteiger partial charge in [0.15, 0.2) is 0 Å². The Morgan fingerprint density at radius 1 is 1.26 bits per heavy atom. The largest absolute Gasteiger partial charge is 0.466 e. The van der Waals surface area contributed by atoms with Crippen LogP contribution in [-0.2, 0) is 9.53 Å². The number of hydrogen-bond donors (Lipinski definition) is 0. The lowest BCUT2D eigenvalue weighted by Gasteiger charge is -2.24. The average Bonchev–Trinajstić information content (AvgIpc) is 3.05. The van der Waals surface area contributed by atoms with E-state index in [0.717, 1.165) is 16.5 Å². The van der Waals surface area contributed by atoms with Crippen LogP contribution in [0.5, 0.6) is 5.95 Å². The third-order valence-corrected chi connectivity index (χ3v) is 4.54. The van der Waals surface area contributed by atoms with Crippen molar-refractivity contribution in [3.05, 3.63) is 81.6 Å². The lowest BCUT2D eigenvalue weighted by Crippen LogP contribution is -2.14. The second-order valence-corrected chi connectivity index (χ2v) is 6.14. The summed E-state index contributed by atoms with van der Waals surface area (Å²) in [5.74, 6) is -0.130. The van der Waals surface area contributed by atoms with Crippen molar-refractivity contribution in [2.24, 2.45) is 0 Å². The van der Waals surface area contributed by atoms with E-state index in [2.05, 4.69) is 4.74 Å². The number of allylic oxidation sites excluding steroid dienone is 1. The lowest BCUT2D eigenvalue weighted by molar-refractivity contribution is -0.384. The van der Waals surface area contributed by atoms with Gasteiger partial charge in [0.2, 0.25) is 0 Å². The van der Waals surface area contributed by atoms with Gasteiger partial charge >= 0.3 is 5.97 Å². The van der Waals surface area contributed by atoms with Crippen molar-refractivity contribution >= 4 is 22.6 Å². The van der Waals surface area contributed by atoms with E-state index in [9.17, 15) is 14.9 Å². The highest BCUT2D eigenvalue weighted by Crippen LogP contribution is 2.47. The molecule has 4 rings (SSSR count). The normalized spacial score (nSPS) is 17.4. The molecule has 2 heterocycles. The molecule has 0 unspecified atom stereocenters. The van der Waals surface area contributed by atoms with Crippen molar-refractivity contribution in [3.63, 3.8) is 0 Å². The second-order valence-electron chi connectivity index (χ2n) is 6.14. The fourth-order valence-electron chi connectivity index (χ4n) is 3.33. The van der Waals surface area contributed by atoms with E-state index in [0.29, 0.717) is 17.8 Å². The molecule has 2 aromatic carbocycles. The Labute approximate surface area is 154 Å². The van der Waals surface area contributed by atoms with E-state index in [1.54, 1.807) is 6.07 Å². The summed E-state index contributed by atoms with van der Waals surface area (Å²) in [6.07, 6.45) is 1.62. The summed E-state index contributed by atoms with van der Waals surface area (Å²) in [6.45, 7) is 0. The summed E-state index contributed by atoms with van der Waals surface area (Å²) in [5.41, 5.74) is 2.22. The Kier molecular flexibility index (Phi) is 4.12. The van der Waals surface area contributed by atoms with E-state index in [-0.39, 0.29) is 17.6 Å². The van der Waals surface area contributed by atoms with E-state index in [1.165, 1.54) is 25.3 Å². The number of esters is 1. The topological polar surface area (TPSA) is 91.8 Å². The van der Waals surface area contributed by atoms with Crippen LogP contribution in [0.3, 0.4) is 0 Å². The number of carbonyl (C=O) groups excluding carboxylic acids is 1. The van der Waals surface area contributed by atoms with Gasteiger partial charge in [-0.2, -0.15) is 0 Å². The molecule has 3 aromatic rings. The van der Waals surface area contributed by atoms with E-state index < -0.39 is 10.9 Å². The fraction of sp³-hybridized carbons (Fsp3) is 0.150. The van der Waals surface area contributed by atoms with Gasteiger partial charge in [-0.25, -0.2) is 4.79 Å². The van der Waals surface area contributed by atoms with Crippen LogP contribution < -0.4 is 4.74 Å². The van der Waals surface area contributed by atoms with Crippen molar-refractivity contribution in [1.29, 1.82) is 0 Å². The highest BCUT2D eigenvalue weighted by Gasteiger charge is 2.33. The van der Waals surface area contributed by atoms with Crippen LogP contribution in [0.25, 0.3) is 11.0 Å². The summed E-state index contributed by atoms with van der Waals surface area (Å²) in [4.78, 5) is 22.4. The van der Waals surface area contributed by atoms with Gasteiger partial charge in [-0.15, -0.1) is 0 Å². The number of benzene rings is 2. The molecule has 0 N–H and O–H groups in total. The molecule has 0 radical (unpaired) electrons. The number of nitrogens with zero attached hydrogens (tertiary/aromatic N) is 1. The van der Waals surface area contributed by atoms with E-state index in [1.807, 2.05) is 30.3 Å². The van der Waals surface area contributed by atoms with Crippen LogP contribution in [0.15, 0.2) is 64.8 Å². The van der Waals surface area contributed by atoms with Crippen LogP contribution in [0.1, 0.15) is 23.5 Å². The van der Waals surface area contributed by atoms with Gasteiger partial charge in [0.05, 0.1) is 23.7 Å². The first-order valence-electron chi connectivity index (χ1n) is 8.29. The molecule has 0 bridgehead atoms. The monoisotopic (exact) mass is 365 g/mol. The highest BCUT2D eigenvalue weighted by molar-refractivity contribution is 5.86. The van der Waals surface area contributed by atoms with Crippen LogP contribution in [0, 0.1) is 10.1 Å². The number of methoxy groups -OCH3 is 1. The summed E-state index contributed by atoms with van der Waals surface area (Å²) >= 11 is 0. The maximum atomic E-state index is 11.7. The van der Waals surface area contributed by atoms with Crippen molar-refractivity contribution in [3.8, 4) is 5.95 Å². The zero-order valence-corrected chi connectivity index (χ0v) is 14.4. The molecule has 0 spiro atoms. The molecule has 0 saturated heterocycles. The number of nitro groups is 1. The number of furan rings is 1. The van der Waals surface area contributed by atoms with Crippen molar-refractivity contribution in [2.75, 3.05) is 7.11 Å². The highest BCUT2D eigenvalue weighted by atomic mass is 16.6. The molecular formula is C20H15NO6. The number of fused-ring (bicyclic) bond motifs is 3. The Morgan fingerprint density at radius 2 is 2.07 bits per heavy atom. The Morgan fingerprint density at radius 3 is 2.85 bits per heavy atom. The minimum atomic E-state index is -0.539. The van der Waals surface area contributed by atoms with Gasteiger partial charge in [-0.3, -0.25) is 10.1 Å². The number of ether oxygens (including phenoxy) is 2. The first-order valence-corrected chi connectivity index (χ1v) is 8.29. The molecule has 1 aromatic heterocycles. The van der Waals surface area contributed by atoms with E-state index in [4.69, 9.17) is 9.15 Å². The number of nitro benzene ring substituents is 1. The van der Waals surface area contributed by atoms with Gasteiger partial charge in [0.1, 0.15) is 11.3 Å². The molecule has 1 atom stereocenters. The number of rotatable bonds is 3. The van der Waals surface area contributed by atoms with Crippen LogP contribution in [0.2, 0.25) is 0 Å². The van der Waals surface area contributed by atoms with Crippen molar-refractivity contribution < 1.29 is 23.6 Å². The minimum Gasteiger partial charge on any atom is -0.466 e. The zero-order valence-electron chi connectivity index (χ0n) is 14.4. The molecule has 27 heavy (non-hydrogen) atoms. The smallest absolute Gasteiger partial charge is 0.333 e. The number of para-hydroxylation sites is 1. The molecule has 0 saturated carbocycles. The third kappa shape index (κ3) is 3.03. The van der Waals surface area contributed by atoms with Crippen LogP contribution in [-0.4, -0.2) is 18.0 Å². The summed E-state index contributed by atoms with van der Waals surface area (Å²) in [5, 5.41) is 12.1. The zero-order chi connectivity index (χ0) is 19.0. The van der Waals surface area contributed by atoms with Gasteiger partial charge in [-0.1, -0.05) is 30.3 Å². The lowest BCUT2D eigenvalue weighted by atomic mass is 9.85. The number of hydrogen-bond acceptors (Lipinski definition) is 6. The number of non-ortho nitro benzene ring substituents is 1. The van der Waals surface area contributed by atoms with E-state index >= 15 is 0 Å². The van der Waals surface area contributed by atoms with Crippen molar-refractivity contribution in [2.45, 2.75) is 12.3 Å². The Bertz CT molecular complexity index is 1080. The molecule has 1 aliphatic rings. The predicted molar refractivity (Wildman–Crippen MR) is 96.5 cm³/mol. The Hall–Kier alpha value is -3.61. The molecule has 7 heteroatoms. The first kappa shape index (κ1) is 16.8. The molecule has 136 valence electrons. The average molecular weight is 365 g/mol. The molecule has 0 aliphatic carbocycles. The summed E-state index contributed by atoms with van der Waals surface area (Å²) < 4.78 is 16.3. The molecule has 7 nitrogen and oxygen atoms in total. The second kappa shape index (κ2) is 6.60. The maximum Gasteiger partial charge on any atom is 0.333 e. The Balaban J connectivity index is 1.89. The molecule has 1 aliphatic heterocycles. The summed E-state index contributed by atoms with van der Waals surface area (Å²) in [6, 6.07) is 13.9. The fourth-order valence-corrected chi connectivity index (χ4v) is 3.33. The third-order valence-electron chi connectivity index (χ3n) is 4.54.